The molecule has 0 amide bonds. The van der Waals surface area contributed by atoms with Crippen molar-refractivity contribution in [2.75, 3.05) is 66.8 Å². The molecule has 0 aromatic heterocycles. The maximum absolute atomic E-state index is 5.66. The Balaban J connectivity index is 0.00000480. The van der Waals surface area contributed by atoms with Crippen LogP contribution in [-0.2, 0) is 9.47 Å². The van der Waals surface area contributed by atoms with Crippen LogP contribution in [0.2, 0.25) is 0 Å². The number of para-hydroxylation sites is 1. The van der Waals surface area contributed by atoms with Gasteiger partial charge in [-0.1, -0.05) is 24.6 Å². The molecule has 1 unspecified atom stereocenters. The molecule has 0 aliphatic carbocycles. The quantitative estimate of drug-likeness (QED) is 0.171. The minimum atomic E-state index is 0. The van der Waals surface area contributed by atoms with Crippen molar-refractivity contribution >= 4 is 29.9 Å². The normalized spacial score (nSPS) is 15.8. The second-order valence-electron chi connectivity index (χ2n) is 7.46. The number of piperidine rings is 1. The topological polar surface area (TPSA) is 67.4 Å². The van der Waals surface area contributed by atoms with E-state index < -0.39 is 0 Å². The molecule has 1 fully saturated rings. The van der Waals surface area contributed by atoms with Gasteiger partial charge in [-0.05, 0) is 45.3 Å². The van der Waals surface area contributed by atoms with E-state index in [0.717, 1.165) is 44.3 Å². The van der Waals surface area contributed by atoms with E-state index in [0.29, 0.717) is 26.4 Å². The van der Waals surface area contributed by atoms with Crippen molar-refractivity contribution in [2.24, 2.45) is 4.99 Å². The van der Waals surface area contributed by atoms with E-state index in [-0.39, 0.29) is 30.0 Å². The summed E-state index contributed by atoms with van der Waals surface area (Å²) in [6, 6.07) is 8.55. The fourth-order valence-corrected chi connectivity index (χ4v) is 3.73. The number of halogens is 1. The fourth-order valence-electron chi connectivity index (χ4n) is 3.73. The summed E-state index contributed by atoms with van der Waals surface area (Å²) in [6.45, 7) is 8.66. The lowest BCUT2D eigenvalue weighted by Gasteiger charge is -2.34. The van der Waals surface area contributed by atoms with Crippen LogP contribution in [0.3, 0.4) is 0 Å². The largest absolute Gasteiger partial charge is 0.496 e. The van der Waals surface area contributed by atoms with E-state index in [1.165, 1.54) is 24.8 Å². The van der Waals surface area contributed by atoms with Crippen molar-refractivity contribution in [1.29, 1.82) is 0 Å². The molecule has 1 aliphatic rings. The molecule has 8 heteroatoms. The van der Waals surface area contributed by atoms with E-state index in [1.54, 1.807) is 14.2 Å². The third kappa shape index (κ3) is 10.4. The molecule has 1 aromatic rings. The van der Waals surface area contributed by atoms with Gasteiger partial charge >= 0.3 is 0 Å². The average molecular weight is 549 g/mol. The lowest BCUT2D eigenvalue weighted by Crippen LogP contribution is -2.40. The lowest BCUT2D eigenvalue weighted by atomic mass is 10.0. The van der Waals surface area contributed by atoms with E-state index in [2.05, 4.69) is 34.6 Å². The smallest absolute Gasteiger partial charge is 0.191 e. The highest BCUT2D eigenvalue weighted by molar-refractivity contribution is 14.0. The van der Waals surface area contributed by atoms with Crippen LogP contribution in [0.15, 0.2) is 29.3 Å². The standard InChI is InChI=1S/C23H40N4O3.HI/c1-4-24-23(25-13-10-16-30-18-17-28-2)26-19-21(27-14-8-5-9-15-27)20-11-6-7-12-22(20)29-3;/h6-7,11-12,21H,4-5,8-10,13-19H2,1-3H3,(H2,24,25,26);1H. The lowest BCUT2D eigenvalue weighted by molar-refractivity contribution is 0.0698. The van der Waals surface area contributed by atoms with Crippen molar-refractivity contribution in [3.05, 3.63) is 29.8 Å². The Kier molecular flexibility index (Phi) is 15.7. The van der Waals surface area contributed by atoms with Crippen molar-refractivity contribution in [3.63, 3.8) is 0 Å². The number of nitrogens with zero attached hydrogens (tertiary/aromatic N) is 2. The molecule has 1 atom stereocenters. The van der Waals surface area contributed by atoms with Crippen LogP contribution in [-0.4, -0.2) is 77.6 Å². The van der Waals surface area contributed by atoms with Crippen LogP contribution in [0.5, 0.6) is 5.75 Å². The second kappa shape index (κ2) is 17.5. The minimum Gasteiger partial charge on any atom is -0.496 e. The third-order valence-corrected chi connectivity index (χ3v) is 5.29. The van der Waals surface area contributed by atoms with Crippen LogP contribution in [0.25, 0.3) is 0 Å². The van der Waals surface area contributed by atoms with Crippen LogP contribution >= 0.6 is 24.0 Å². The molecular formula is C23H41IN4O3. The Labute approximate surface area is 205 Å². The van der Waals surface area contributed by atoms with Gasteiger partial charge in [0, 0.05) is 32.4 Å². The number of likely N-dealkylation sites (tertiary alicyclic amines) is 1. The van der Waals surface area contributed by atoms with Crippen molar-refractivity contribution in [3.8, 4) is 5.75 Å². The molecule has 0 radical (unpaired) electrons. The molecule has 0 saturated carbocycles. The summed E-state index contributed by atoms with van der Waals surface area (Å²) >= 11 is 0. The zero-order chi connectivity index (χ0) is 21.4. The monoisotopic (exact) mass is 548 g/mol. The van der Waals surface area contributed by atoms with Crippen molar-refractivity contribution in [1.82, 2.24) is 15.5 Å². The summed E-state index contributed by atoms with van der Waals surface area (Å²) in [5, 5.41) is 6.79. The zero-order valence-electron chi connectivity index (χ0n) is 19.4. The molecule has 1 saturated heterocycles. The van der Waals surface area contributed by atoms with E-state index in [1.807, 2.05) is 12.1 Å². The third-order valence-electron chi connectivity index (χ3n) is 5.29. The molecule has 1 heterocycles. The van der Waals surface area contributed by atoms with Gasteiger partial charge in [0.2, 0.25) is 0 Å². The van der Waals surface area contributed by atoms with Gasteiger partial charge in [-0.3, -0.25) is 9.89 Å². The van der Waals surface area contributed by atoms with E-state index in [4.69, 9.17) is 19.2 Å². The van der Waals surface area contributed by atoms with Gasteiger partial charge < -0.3 is 24.8 Å². The highest BCUT2D eigenvalue weighted by Gasteiger charge is 2.24. The Bertz CT molecular complexity index is 612. The predicted octanol–water partition coefficient (Wildman–Crippen LogP) is 3.45. The van der Waals surface area contributed by atoms with E-state index in [9.17, 15) is 0 Å². The number of aliphatic imine (C=N–C) groups is 1. The number of methoxy groups -OCH3 is 2. The number of ether oxygens (including phenoxy) is 3. The summed E-state index contributed by atoms with van der Waals surface area (Å²) in [5.41, 5.74) is 1.22. The number of guanidine groups is 1. The summed E-state index contributed by atoms with van der Waals surface area (Å²) in [7, 11) is 3.43. The molecule has 2 rings (SSSR count). The van der Waals surface area contributed by atoms with Gasteiger partial charge in [-0.2, -0.15) is 0 Å². The number of hydrogen-bond donors (Lipinski definition) is 2. The zero-order valence-corrected chi connectivity index (χ0v) is 21.7. The fraction of sp³-hybridized carbons (Fsp3) is 0.696. The Morgan fingerprint density at radius 2 is 1.84 bits per heavy atom. The first-order chi connectivity index (χ1) is 14.8. The Morgan fingerprint density at radius 1 is 1.06 bits per heavy atom. The summed E-state index contributed by atoms with van der Waals surface area (Å²) in [6.07, 6.45) is 4.73. The SMILES string of the molecule is CCNC(=NCC(c1ccccc1OC)N1CCCCC1)NCCCOCCOC.I. The number of benzene rings is 1. The van der Waals surface area contributed by atoms with Gasteiger partial charge in [-0.15, -0.1) is 24.0 Å². The maximum Gasteiger partial charge on any atom is 0.191 e. The molecular weight excluding hydrogens is 507 g/mol. The van der Waals surface area contributed by atoms with Crippen LogP contribution in [0, 0.1) is 0 Å². The summed E-state index contributed by atoms with van der Waals surface area (Å²) in [5.74, 6) is 1.79. The average Bonchev–Trinajstić information content (AvgIpc) is 2.79. The molecule has 1 aliphatic heterocycles. The first-order valence-corrected chi connectivity index (χ1v) is 11.3. The van der Waals surface area contributed by atoms with E-state index >= 15 is 0 Å². The Morgan fingerprint density at radius 3 is 2.55 bits per heavy atom. The van der Waals surface area contributed by atoms with Crippen molar-refractivity contribution in [2.45, 2.75) is 38.6 Å². The number of hydrogen-bond acceptors (Lipinski definition) is 5. The highest BCUT2D eigenvalue weighted by Crippen LogP contribution is 2.31. The molecule has 0 bridgehead atoms. The number of nitrogens with one attached hydrogen (secondary N) is 2. The van der Waals surface area contributed by atoms with Gasteiger partial charge in [-0.25, -0.2) is 0 Å². The Hall–Kier alpha value is -1.10. The van der Waals surface area contributed by atoms with Gasteiger partial charge in [0.1, 0.15) is 5.75 Å². The summed E-state index contributed by atoms with van der Waals surface area (Å²) < 4.78 is 16.2. The minimum absolute atomic E-state index is 0. The van der Waals surface area contributed by atoms with Crippen LogP contribution in [0.1, 0.15) is 44.2 Å². The molecule has 0 spiro atoms. The molecule has 178 valence electrons. The van der Waals surface area contributed by atoms with Gasteiger partial charge in [0.25, 0.3) is 0 Å². The highest BCUT2D eigenvalue weighted by atomic mass is 127. The maximum atomic E-state index is 5.66. The first-order valence-electron chi connectivity index (χ1n) is 11.3. The van der Waals surface area contributed by atoms with Gasteiger partial charge in [0.15, 0.2) is 5.96 Å². The van der Waals surface area contributed by atoms with Crippen LogP contribution < -0.4 is 15.4 Å². The first kappa shape index (κ1) is 27.9. The van der Waals surface area contributed by atoms with Crippen LogP contribution in [0.4, 0.5) is 0 Å². The predicted molar refractivity (Wildman–Crippen MR) is 138 cm³/mol. The second-order valence-corrected chi connectivity index (χ2v) is 7.46. The molecule has 2 N–H and O–H groups in total. The molecule has 1 aromatic carbocycles. The van der Waals surface area contributed by atoms with Crippen molar-refractivity contribution < 1.29 is 14.2 Å². The molecule has 7 nitrogen and oxygen atoms in total. The summed E-state index contributed by atoms with van der Waals surface area (Å²) in [4.78, 5) is 7.48. The molecule has 31 heavy (non-hydrogen) atoms. The number of rotatable bonds is 13. The van der Waals surface area contributed by atoms with Gasteiger partial charge in [0.05, 0.1) is 32.9 Å².